The van der Waals surface area contributed by atoms with E-state index in [1.54, 1.807) is 25.1 Å². The Kier molecular flexibility index (Phi) is 5.24. The highest BCUT2D eigenvalue weighted by molar-refractivity contribution is 6.11. The van der Waals surface area contributed by atoms with Gasteiger partial charge in [-0.1, -0.05) is 13.0 Å². The summed E-state index contributed by atoms with van der Waals surface area (Å²) in [6.07, 6.45) is 0.949. The number of carbonyl (C=O) groups is 3. The Morgan fingerprint density at radius 3 is 2.55 bits per heavy atom. The Labute approximate surface area is 181 Å². The van der Waals surface area contributed by atoms with Gasteiger partial charge in [0.15, 0.2) is 17.3 Å². The van der Waals surface area contributed by atoms with Crippen molar-refractivity contribution in [2.75, 3.05) is 19.8 Å². The van der Waals surface area contributed by atoms with Crippen LogP contribution in [0.3, 0.4) is 0 Å². The molecule has 0 saturated carbocycles. The zero-order valence-electron chi connectivity index (χ0n) is 18.3. The van der Waals surface area contributed by atoms with Crippen LogP contribution < -0.4 is 14.8 Å². The number of Topliss-reactive ketones (excluding diaryl/α,β-unsaturated/α-hetero) is 1. The monoisotopic (exact) mass is 425 g/mol. The first-order valence-corrected chi connectivity index (χ1v) is 10.5. The molecule has 1 N–H and O–H groups in total. The second-order valence-corrected chi connectivity index (χ2v) is 8.16. The van der Waals surface area contributed by atoms with Gasteiger partial charge >= 0.3 is 6.03 Å². The van der Waals surface area contributed by atoms with Crippen LogP contribution in [-0.4, -0.2) is 46.9 Å². The fraction of sp³-hybridized carbons (Fsp3) is 0.435. The van der Waals surface area contributed by atoms with Crippen molar-refractivity contribution in [1.82, 2.24) is 14.8 Å². The molecule has 31 heavy (non-hydrogen) atoms. The molecule has 8 heteroatoms. The lowest BCUT2D eigenvalue weighted by Crippen LogP contribution is -2.41. The van der Waals surface area contributed by atoms with Crippen molar-refractivity contribution in [1.29, 1.82) is 0 Å². The zero-order valence-corrected chi connectivity index (χ0v) is 18.3. The van der Waals surface area contributed by atoms with Crippen LogP contribution in [-0.2, 0) is 16.9 Å². The number of fused-ring (bicyclic) bond motifs is 1. The Hall–Kier alpha value is -3.29. The van der Waals surface area contributed by atoms with Gasteiger partial charge in [0.25, 0.3) is 5.91 Å². The molecular weight excluding hydrogens is 398 g/mol. The minimum absolute atomic E-state index is 0.259. The van der Waals surface area contributed by atoms with E-state index in [9.17, 15) is 14.4 Å². The Morgan fingerprint density at radius 2 is 1.84 bits per heavy atom. The Balaban J connectivity index is 1.57. The van der Waals surface area contributed by atoms with Crippen LogP contribution in [0.1, 0.15) is 47.6 Å². The molecule has 0 bridgehead atoms. The van der Waals surface area contributed by atoms with Crippen molar-refractivity contribution in [2.24, 2.45) is 0 Å². The largest absolute Gasteiger partial charge is 0.486 e. The number of imide groups is 1. The van der Waals surface area contributed by atoms with Crippen LogP contribution in [0.5, 0.6) is 11.5 Å². The number of benzene rings is 1. The first kappa shape index (κ1) is 21.0. The maximum atomic E-state index is 13.2. The molecule has 1 saturated heterocycles. The highest BCUT2D eigenvalue weighted by Gasteiger charge is 2.50. The third kappa shape index (κ3) is 3.45. The number of aryl methyl sites for hydroxylation is 1. The topological polar surface area (TPSA) is 89.9 Å². The van der Waals surface area contributed by atoms with Crippen LogP contribution in [0, 0.1) is 13.8 Å². The quantitative estimate of drug-likeness (QED) is 0.568. The number of ether oxygens (including phenoxy) is 2. The lowest BCUT2D eigenvalue weighted by Gasteiger charge is -2.25. The van der Waals surface area contributed by atoms with E-state index >= 15 is 0 Å². The molecule has 3 heterocycles. The molecule has 2 aliphatic rings. The molecule has 3 amide bonds. The van der Waals surface area contributed by atoms with Crippen LogP contribution in [0.4, 0.5) is 4.79 Å². The van der Waals surface area contributed by atoms with Gasteiger partial charge in [-0.2, -0.15) is 0 Å². The number of hydrogen-bond acceptors (Lipinski definition) is 5. The molecular formula is C23H27N3O5. The summed E-state index contributed by atoms with van der Waals surface area (Å²) in [7, 11) is 0. The highest BCUT2D eigenvalue weighted by atomic mass is 16.6. The van der Waals surface area contributed by atoms with Crippen LogP contribution >= 0.6 is 0 Å². The number of aromatic nitrogens is 1. The first-order chi connectivity index (χ1) is 14.8. The molecule has 1 aromatic carbocycles. The average molecular weight is 425 g/mol. The normalized spacial score (nSPS) is 20.2. The number of nitrogens with zero attached hydrogens (tertiary/aromatic N) is 2. The van der Waals surface area contributed by atoms with Gasteiger partial charge in [0, 0.05) is 23.5 Å². The minimum atomic E-state index is -1.29. The molecule has 8 nitrogen and oxygen atoms in total. The molecule has 0 aliphatic carbocycles. The van der Waals surface area contributed by atoms with Crippen molar-refractivity contribution in [3.05, 3.63) is 46.8 Å². The number of urea groups is 1. The number of hydrogen-bond donors (Lipinski definition) is 1. The third-order valence-electron chi connectivity index (χ3n) is 6.02. The van der Waals surface area contributed by atoms with E-state index in [2.05, 4.69) is 16.8 Å². The summed E-state index contributed by atoms with van der Waals surface area (Å²) < 4.78 is 13.2. The molecule has 1 fully saturated rings. The maximum absolute atomic E-state index is 13.2. The number of amides is 3. The molecule has 164 valence electrons. The van der Waals surface area contributed by atoms with E-state index in [0.29, 0.717) is 35.8 Å². The molecule has 0 spiro atoms. The molecule has 2 aromatic rings. The average Bonchev–Trinajstić information content (AvgIpc) is 3.16. The van der Waals surface area contributed by atoms with Gasteiger partial charge in [0.2, 0.25) is 0 Å². The summed E-state index contributed by atoms with van der Waals surface area (Å²) in [5.41, 5.74) is 1.67. The highest BCUT2D eigenvalue weighted by Crippen LogP contribution is 2.37. The maximum Gasteiger partial charge on any atom is 0.325 e. The summed E-state index contributed by atoms with van der Waals surface area (Å²) in [5, 5.41) is 2.75. The second kappa shape index (κ2) is 7.76. The van der Waals surface area contributed by atoms with E-state index in [1.807, 2.05) is 19.9 Å². The Bertz CT molecular complexity index is 1070. The predicted molar refractivity (Wildman–Crippen MR) is 114 cm³/mol. The SMILES string of the molecule is CCCn1c(C)cc(C(=O)CN2C(=O)N[C@](C)(c3ccc4c(c3)OCCO4)C2=O)c1C. The number of carbonyl (C=O) groups excluding carboxylic acids is 3. The minimum Gasteiger partial charge on any atom is -0.486 e. The lowest BCUT2D eigenvalue weighted by atomic mass is 9.91. The summed E-state index contributed by atoms with van der Waals surface area (Å²) >= 11 is 0. The van der Waals surface area contributed by atoms with Gasteiger partial charge in [-0.25, -0.2) is 4.79 Å². The smallest absolute Gasteiger partial charge is 0.325 e. The van der Waals surface area contributed by atoms with Crippen molar-refractivity contribution < 1.29 is 23.9 Å². The second-order valence-electron chi connectivity index (χ2n) is 8.16. The third-order valence-corrected chi connectivity index (χ3v) is 6.02. The number of rotatable bonds is 6. The van der Waals surface area contributed by atoms with Gasteiger partial charge in [-0.3, -0.25) is 14.5 Å². The van der Waals surface area contributed by atoms with Crippen molar-refractivity contribution >= 4 is 17.7 Å². The van der Waals surface area contributed by atoms with Gasteiger partial charge < -0.3 is 19.4 Å². The van der Waals surface area contributed by atoms with Gasteiger partial charge in [-0.15, -0.1) is 0 Å². The summed E-state index contributed by atoms with van der Waals surface area (Å²) in [4.78, 5) is 39.9. The van der Waals surface area contributed by atoms with Gasteiger partial charge in [0.1, 0.15) is 18.8 Å². The zero-order chi connectivity index (χ0) is 22.3. The molecule has 0 unspecified atom stereocenters. The van der Waals surface area contributed by atoms with Crippen LogP contribution in [0.15, 0.2) is 24.3 Å². The predicted octanol–water partition coefficient (Wildman–Crippen LogP) is 2.94. The van der Waals surface area contributed by atoms with Crippen molar-refractivity contribution in [3.63, 3.8) is 0 Å². The fourth-order valence-electron chi connectivity index (χ4n) is 4.27. The standard InChI is InChI=1S/C23H27N3O5/c1-5-8-25-14(2)11-17(15(25)3)18(27)13-26-21(28)23(4,24-22(26)29)16-6-7-19-20(12-16)31-10-9-30-19/h6-7,11-12H,5,8-10,13H2,1-4H3,(H,24,29)/t23-/m1/s1. The van der Waals surface area contributed by atoms with E-state index in [4.69, 9.17) is 9.47 Å². The van der Waals surface area contributed by atoms with Crippen molar-refractivity contribution in [2.45, 2.75) is 46.2 Å². The van der Waals surface area contributed by atoms with Crippen LogP contribution in [0.25, 0.3) is 0 Å². The molecule has 1 aromatic heterocycles. The van der Waals surface area contributed by atoms with Gasteiger partial charge in [0.05, 0.1) is 6.54 Å². The molecule has 0 radical (unpaired) electrons. The van der Waals surface area contributed by atoms with E-state index in [1.165, 1.54) is 0 Å². The fourth-order valence-corrected chi connectivity index (χ4v) is 4.27. The van der Waals surface area contributed by atoms with E-state index in [-0.39, 0.29) is 12.3 Å². The first-order valence-electron chi connectivity index (χ1n) is 10.5. The molecule has 1 atom stereocenters. The summed E-state index contributed by atoms with van der Waals surface area (Å²) in [6, 6.07) is 6.40. The van der Waals surface area contributed by atoms with Crippen LogP contribution in [0.2, 0.25) is 0 Å². The molecule has 2 aliphatic heterocycles. The van der Waals surface area contributed by atoms with Crippen molar-refractivity contribution in [3.8, 4) is 11.5 Å². The summed E-state index contributed by atoms with van der Waals surface area (Å²) in [5.74, 6) is 0.407. The van der Waals surface area contributed by atoms with E-state index in [0.717, 1.165) is 29.3 Å². The summed E-state index contributed by atoms with van der Waals surface area (Å²) in [6.45, 7) is 8.95. The number of nitrogens with one attached hydrogen (secondary N) is 1. The van der Waals surface area contributed by atoms with Gasteiger partial charge in [-0.05, 0) is 51.0 Å². The van der Waals surface area contributed by atoms with E-state index < -0.39 is 17.5 Å². The number of ketones is 1. The lowest BCUT2D eigenvalue weighted by molar-refractivity contribution is -0.130. The molecule has 4 rings (SSSR count). The Morgan fingerprint density at radius 1 is 1.13 bits per heavy atom.